The number of nitrogens with zero attached hydrogens (tertiary/aromatic N) is 4. The van der Waals surface area contributed by atoms with Crippen molar-refractivity contribution in [3.63, 3.8) is 0 Å². The summed E-state index contributed by atoms with van der Waals surface area (Å²) in [5.41, 5.74) is 1.29. The summed E-state index contributed by atoms with van der Waals surface area (Å²) in [5.74, 6) is 2.25. The van der Waals surface area contributed by atoms with E-state index in [1.165, 1.54) is 0 Å². The molecule has 0 saturated heterocycles. The van der Waals surface area contributed by atoms with Gasteiger partial charge in [0.2, 0.25) is 11.9 Å². The van der Waals surface area contributed by atoms with Crippen LogP contribution in [0.3, 0.4) is 0 Å². The molecule has 0 amide bonds. The third-order valence-corrected chi connectivity index (χ3v) is 3.12. The summed E-state index contributed by atoms with van der Waals surface area (Å²) < 4.78 is 0. The monoisotopic (exact) mass is 334 g/mol. The van der Waals surface area contributed by atoms with Crippen molar-refractivity contribution in [2.24, 2.45) is 0 Å². The molecule has 24 heavy (non-hydrogen) atoms. The van der Waals surface area contributed by atoms with Crippen molar-refractivity contribution in [3.8, 4) is 0 Å². The van der Waals surface area contributed by atoms with Crippen LogP contribution in [0.2, 0.25) is 0 Å². The number of rotatable bonds is 9. The van der Waals surface area contributed by atoms with Gasteiger partial charge >= 0.3 is 0 Å². The van der Waals surface area contributed by atoms with Crippen LogP contribution in [0.15, 0.2) is 0 Å². The van der Waals surface area contributed by atoms with Crippen molar-refractivity contribution in [2.45, 2.75) is 33.8 Å². The van der Waals surface area contributed by atoms with E-state index >= 15 is 0 Å². The van der Waals surface area contributed by atoms with Gasteiger partial charge in [-0.3, -0.25) is 0 Å². The lowest BCUT2D eigenvalue weighted by molar-refractivity contribution is 0.208. The lowest BCUT2D eigenvalue weighted by Gasteiger charge is -2.14. The van der Waals surface area contributed by atoms with Gasteiger partial charge in [-0.25, -0.2) is 9.97 Å². The van der Waals surface area contributed by atoms with Crippen LogP contribution in [-0.4, -0.2) is 57.3 Å². The van der Waals surface area contributed by atoms with E-state index in [0.29, 0.717) is 54.2 Å². The lowest BCUT2D eigenvalue weighted by atomic mass is 10.3. The molecule has 0 aliphatic heterocycles. The number of nitrogens with one attached hydrogen (secondary N) is 4. The molecule has 5 N–H and O–H groups in total. The fourth-order valence-corrected chi connectivity index (χ4v) is 2.15. The minimum Gasteiger partial charge on any atom is -0.392 e. The second kappa shape index (κ2) is 8.44. The molecular weight excluding hydrogens is 308 g/mol. The molecule has 0 unspecified atom stereocenters. The first-order chi connectivity index (χ1) is 11.6. The highest BCUT2D eigenvalue weighted by Gasteiger charge is 2.15. The molecule has 2 aromatic heterocycles. The number of aliphatic hydroxyl groups is 1. The first kappa shape index (κ1) is 17.9. The predicted molar refractivity (Wildman–Crippen MR) is 97.8 cm³/mol. The second-order valence-electron chi connectivity index (χ2n) is 5.31. The Kier molecular flexibility index (Phi) is 6.30. The van der Waals surface area contributed by atoms with Crippen LogP contribution in [0, 0.1) is 0 Å². The molecular formula is C15H26N8O. The Morgan fingerprint density at radius 1 is 0.750 bits per heavy atom. The molecule has 1 atom stereocenters. The minimum atomic E-state index is -0.493. The average molecular weight is 334 g/mol. The van der Waals surface area contributed by atoms with Gasteiger partial charge in [-0.15, -0.1) is 0 Å². The van der Waals surface area contributed by atoms with Gasteiger partial charge in [-0.05, 0) is 27.7 Å². The summed E-state index contributed by atoms with van der Waals surface area (Å²) in [6, 6.07) is 0. The third kappa shape index (κ3) is 4.31. The zero-order chi connectivity index (χ0) is 17.5. The van der Waals surface area contributed by atoms with E-state index in [9.17, 15) is 5.11 Å². The van der Waals surface area contributed by atoms with Crippen LogP contribution in [-0.2, 0) is 0 Å². The maximum Gasteiger partial charge on any atom is 0.225 e. The average Bonchev–Trinajstić information content (AvgIpc) is 2.54. The van der Waals surface area contributed by atoms with Crippen molar-refractivity contribution >= 4 is 34.6 Å². The number of hydrogen-bond acceptors (Lipinski definition) is 9. The Morgan fingerprint density at radius 2 is 1.21 bits per heavy atom. The van der Waals surface area contributed by atoms with E-state index in [0.717, 1.165) is 6.54 Å². The normalized spacial score (nSPS) is 12.0. The fourth-order valence-electron chi connectivity index (χ4n) is 2.15. The lowest BCUT2D eigenvalue weighted by Crippen LogP contribution is -2.18. The van der Waals surface area contributed by atoms with Crippen molar-refractivity contribution < 1.29 is 5.11 Å². The first-order valence-corrected chi connectivity index (χ1v) is 8.32. The highest BCUT2D eigenvalue weighted by atomic mass is 16.3. The van der Waals surface area contributed by atoms with Gasteiger partial charge in [0, 0.05) is 26.2 Å². The summed E-state index contributed by atoms with van der Waals surface area (Å²) in [7, 11) is 0. The van der Waals surface area contributed by atoms with Crippen LogP contribution in [0.4, 0.5) is 23.5 Å². The van der Waals surface area contributed by atoms with Crippen LogP contribution in [0.5, 0.6) is 0 Å². The van der Waals surface area contributed by atoms with E-state index in [1.807, 2.05) is 20.8 Å². The number of fused-ring (bicyclic) bond motifs is 1. The molecule has 132 valence electrons. The highest BCUT2D eigenvalue weighted by molar-refractivity contribution is 5.94. The summed E-state index contributed by atoms with van der Waals surface area (Å²) >= 11 is 0. The first-order valence-electron chi connectivity index (χ1n) is 8.32. The number of aliphatic hydroxyl groups excluding tert-OH is 1. The molecule has 2 rings (SSSR count). The zero-order valence-electron chi connectivity index (χ0n) is 14.6. The molecule has 0 aliphatic rings. The molecule has 0 fully saturated rings. The molecule has 0 spiro atoms. The van der Waals surface area contributed by atoms with Crippen molar-refractivity contribution in [1.29, 1.82) is 0 Å². The maximum atomic E-state index is 9.45. The van der Waals surface area contributed by atoms with Gasteiger partial charge in [-0.2, -0.15) is 9.97 Å². The Balaban J connectivity index is 2.57. The molecule has 2 heterocycles. The van der Waals surface area contributed by atoms with E-state index in [1.54, 1.807) is 6.92 Å². The molecule has 9 nitrogen and oxygen atoms in total. The maximum absolute atomic E-state index is 9.45. The van der Waals surface area contributed by atoms with Crippen LogP contribution in [0.25, 0.3) is 11.0 Å². The summed E-state index contributed by atoms with van der Waals surface area (Å²) in [4.78, 5) is 18.0. The van der Waals surface area contributed by atoms with Gasteiger partial charge in [0.05, 0.1) is 6.10 Å². The van der Waals surface area contributed by atoms with E-state index in [2.05, 4.69) is 41.2 Å². The molecule has 2 aromatic rings. The van der Waals surface area contributed by atoms with Crippen LogP contribution < -0.4 is 21.3 Å². The molecule has 0 bridgehead atoms. The summed E-state index contributed by atoms with van der Waals surface area (Å²) in [5, 5.41) is 22.1. The third-order valence-electron chi connectivity index (χ3n) is 3.12. The van der Waals surface area contributed by atoms with Gasteiger partial charge in [-0.1, -0.05) is 0 Å². The van der Waals surface area contributed by atoms with Gasteiger partial charge in [0.1, 0.15) is 11.0 Å². The molecule has 0 aromatic carbocycles. The predicted octanol–water partition coefficient (Wildman–Crippen LogP) is 1.51. The minimum absolute atomic E-state index is 0.365. The molecule has 9 heteroatoms. The van der Waals surface area contributed by atoms with Crippen molar-refractivity contribution in [2.75, 3.05) is 47.4 Å². The summed E-state index contributed by atoms with van der Waals surface area (Å²) in [6.45, 7) is 10.2. The smallest absolute Gasteiger partial charge is 0.225 e. The molecule has 0 saturated carbocycles. The number of hydrogen-bond donors (Lipinski definition) is 5. The zero-order valence-corrected chi connectivity index (χ0v) is 14.6. The van der Waals surface area contributed by atoms with Crippen LogP contribution >= 0.6 is 0 Å². The van der Waals surface area contributed by atoms with E-state index < -0.39 is 6.10 Å². The second-order valence-corrected chi connectivity index (χ2v) is 5.31. The van der Waals surface area contributed by atoms with E-state index in [4.69, 9.17) is 0 Å². The Hall–Kier alpha value is -2.42. The summed E-state index contributed by atoms with van der Waals surface area (Å²) in [6.07, 6.45) is -0.493. The SMILES string of the molecule is CCNc1nc(NCC)c2nc(NC[C@@H](C)O)nc(NCC)c2n1. The van der Waals surface area contributed by atoms with Crippen LogP contribution in [0.1, 0.15) is 27.7 Å². The largest absolute Gasteiger partial charge is 0.392 e. The molecule has 0 aliphatic carbocycles. The van der Waals surface area contributed by atoms with Gasteiger partial charge in [0.25, 0.3) is 0 Å². The standard InChI is InChI=1S/C15H26N8O/c1-5-16-12-11-10(20-14(22-12)18-7-3)13(17-6-2)23-15(21-11)19-8-9(4)24/h9,24H,5-8H2,1-4H3,(H2,16,18,20,22)(H2,17,19,21,23)/t9-/m1/s1. The Labute approximate surface area is 141 Å². The van der Waals surface area contributed by atoms with Crippen molar-refractivity contribution in [1.82, 2.24) is 19.9 Å². The fraction of sp³-hybridized carbons (Fsp3) is 0.600. The van der Waals surface area contributed by atoms with E-state index in [-0.39, 0.29) is 0 Å². The van der Waals surface area contributed by atoms with Gasteiger partial charge in [0.15, 0.2) is 11.6 Å². The molecule has 0 radical (unpaired) electrons. The number of aromatic nitrogens is 4. The Bertz CT molecular complexity index is 676. The Morgan fingerprint density at radius 3 is 1.62 bits per heavy atom. The topological polar surface area (TPSA) is 120 Å². The number of anilines is 4. The highest BCUT2D eigenvalue weighted by Crippen LogP contribution is 2.26. The van der Waals surface area contributed by atoms with Gasteiger partial charge < -0.3 is 26.4 Å². The quantitative estimate of drug-likeness (QED) is 0.464. The van der Waals surface area contributed by atoms with Crippen molar-refractivity contribution in [3.05, 3.63) is 0 Å².